The average Bonchev–Trinajstić information content (AvgIpc) is 2.76. The number of hydrogen-bond donors (Lipinski definition) is 2. The van der Waals surface area contributed by atoms with Gasteiger partial charge in [0.05, 0.1) is 5.69 Å². The Bertz CT molecular complexity index is 432. The predicted octanol–water partition coefficient (Wildman–Crippen LogP) is 1.08. The maximum Gasteiger partial charge on any atom is 0.329 e. The van der Waals surface area contributed by atoms with E-state index in [1.165, 1.54) is 6.92 Å². The maximum atomic E-state index is 11.9. The van der Waals surface area contributed by atoms with Gasteiger partial charge >= 0.3 is 5.97 Å². The topological polar surface area (TPSA) is 92.2 Å². The van der Waals surface area contributed by atoms with E-state index in [0.29, 0.717) is 23.4 Å². The van der Waals surface area contributed by atoms with Gasteiger partial charge in [-0.25, -0.2) is 4.79 Å². The number of carbonyl (C=O) groups excluding carboxylic acids is 1. The Morgan fingerprint density at radius 1 is 1.47 bits per heavy atom. The van der Waals surface area contributed by atoms with Gasteiger partial charge in [0, 0.05) is 0 Å². The highest BCUT2D eigenvalue weighted by Gasteiger charge is 2.34. The molecular formula is C10H15N3O3S. The zero-order valence-corrected chi connectivity index (χ0v) is 10.8. The first-order chi connectivity index (χ1) is 7.94. The monoisotopic (exact) mass is 257 g/mol. The van der Waals surface area contributed by atoms with E-state index in [1.54, 1.807) is 6.92 Å². The quantitative estimate of drug-likeness (QED) is 0.823. The molecule has 1 amide bonds. The molecule has 0 aliphatic carbocycles. The van der Waals surface area contributed by atoms with Crippen molar-refractivity contribution in [1.29, 1.82) is 0 Å². The van der Waals surface area contributed by atoms with Crippen molar-refractivity contribution in [3.63, 3.8) is 0 Å². The number of aromatic nitrogens is 2. The van der Waals surface area contributed by atoms with Crippen LogP contribution < -0.4 is 5.32 Å². The van der Waals surface area contributed by atoms with Crippen LogP contribution in [0.25, 0.3) is 0 Å². The summed E-state index contributed by atoms with van der Waals surface area (Å²) in [6.07, 6.45) is 0.900. The molecule has 17 heavy (non-hydrogen) atoms. The molecule has 1 heterocycles. The number of amides is 1. The van der Waals surface area contributed by atoms with Gasteiger partial charge in [0.15, 0.2) is 0 Å². The third-order valence-corrected chi connectivity index (χ3v) is 3.43. The van der Waals surface area contributed by atoms with Gasteiger partial charge in [0.2, 0.25) is 0 Å². The molecule has 0 aromatic carbocycles. The van der Waals surface area contributed by atoms with Gasteiger partial charge in [-0.05, 0) is 31.3 Å². The number of carboxylic acid groups (broad SMARTS) is 1. The largest absolute Gasteiger partial charge is 0.480 e. The van der Waals surface area contributed by atoms with Crippen molar-refractivity contribution in [3.05, 3.63) is 10.6 Å². The summed E-state index contributed by atoms with van der Waals surface area (Å²) in [6.45, 7) is 5.05. The zero-order chi connectivity index (χ0) is 13.1. The fraction of sp³-hybridized carbons (Fsp3) is 0.600. The molecule has 7 heteroatoms. The first-order valence-corrected chi connectivity index (χ1v) is 6.09. The Hall–Kier alpha value is -1.50. The Kier molecular flexibility index (Phi) is 4.17. The van der Waals surface area contributed by atoms with Gasteiger partial charge < -0.3 is 10.4 Å². The number of nitrogens with one attached hydrogen (secondary N) is 1. The number of aryl methyl sites for hydroxylation is 1. The van der Waals surface area contributed by atoms with E-state index in [2.05, 4.69) is 14.9 Å². The van der Waals surface area contributed by atoms with E-state index in [-0.39, 0.29) is 0 Å². The Labute approximate surface area is 103 Å². The van der Waals surface area contributed by atoms with Crippen LogP contribution in [0, 0.1) is 0 Å². The number of aliphatic carboxylic acids is 1. The van der Waals surface area contributed by atoms with Crippen molar-refractivity contribution < 1.29 is 14.7 Å². The summed E-state index contributed by atoms with van der Waals surface area (Å²) in [5.41, 5.74) is -0.664. The third-order valence-electron chi connectivity index (χ3n) is 2.67. The van der Waals surface area contributed by atoms with Crippen molar-refractivity contribution in [3.8, 4) is 0 Å². The molecule has 94 valence electrons. The Morgan fingerprint density at radius 3 is 2.59 bits per heavy atom. The minimum absolute atomic E-state index is 0.307. The first kappa shape index (κ1) is 13.6. The summed E-state index contributed by atoms with van der Waals surface area (Å²) < 4.78 is 3.70. The van der Waals surface area contributed by atoms with Crippen LogP contribution in [0.1, 0.15) is 42.6 Å². The van der Waals surface area contributed by atoms with Crippen molar-refractivity contribution in [2.45, 2.75) is 39.2 Å². The number of hydrogen-bond acceptors (Lipinski definition) is 5. The Balaban J connectivity index is 2.89. The molecule has 0 radical (unpaired) electrons. The normalized spacial score (nSPS) is 14.1. The van der Waals surface area contributed by atoms with Crippen molar-refractivity contribution in [2.75, 3.05) is 0 Å². The van der Waals surface area contributed by atoms with E-state index >= 15 is 0 Å². The van der Waals surface area contributed by atoms with Crippen LogP contribution in [-0.4, -0.2) is 32.1 Å². The van der Waals surface area contributed by atoms with E-state index < -0.39 is 17.4 Å². The second-order valence-corrected chi connectivity index (χ2v) is 4.60. The van der Waals surface area contributed by atoms with Gasteiger partial charge in [-0.15, -0.1) is 5.10 Å². The lowest BCUT2D eigenvalue weighted by atomic mass is 9.99. The second kappa shape index (κ2) is 5.22. The van der Waals surface area contributed by atoms with Gasteiger partial charge in [-0.1, -0.05) is 18.3 Å². The highest BCUT2D eigenvalue weighted by atomic mass is 32.1. The van der Waals surface area contributed by atoms with Crippen LogP contribution in [-0.2, 0) is 11.2 Å². The molecular weight excluding hydrogens is 242 g/mol. The molecule has 0 saturated carbocycles. The molecule has 0 fully saturated rings. The molecule has 1 aromatic rings. The fourth-order valence-corrected chi connectivity index (χ4v) is 1.86. The standard InChI is InChI=1S/C10H15N3O3S/c1-4-6-7(17-13-12-6)8(14)11-10(3,5-2)9(15)16/h4-5H2,1-3H3,(H,11,14)(H,15,16). The summed E-state index contributed by atoms with van der Waals surface area (Å²) in [7, 11) is 0. The molecule has 1 aromatic heterocycles. The smallest absolute Gasteiger partial charge is 0.329 e. The minimum Gasteiger partial charge on any atom is -0.480 e. The highest BCUT2D eigenvalue weighted by Crippen LogP contribution is 2.15. The molecule has 0 aliphatic heterocycles. The fourth-order valence-electron chi connectivity index (χ4n) is 1.21. The van der Waals surface area contributed by atoms with Crippen LogP contribution >= 0.6 is 11.5 Å². The molecule has 1 atom stereocenters. The number of carbonyl (C=O) groups is 2. The van der Waals surface area contributed by atoms with E-state index in [4.69, 9.17) is 5.11 Å². The van der Waals surface area contributed by atoms with Crippen molar-refractivity contribution in [1.82, 2.24) is 14.9 Å². The van der Waals surface area contributed by atoms with E-state index in [0.717, 1.165) is 11.5 Å². The van der Waals surface area contributed by atoms with Gasteiger partial charge in [0.25, 0.3) is 5.91 Å². The molecule has 0 aliphatic rings. The second-order valence-electron chi connectivity index (χ2n) is 3.85. The lowest BCUT2D eigenvalue weighted by molar-refractivity contribution is -0.143. The van der Waals surface area contributed by atoms with Crippen LogP contribution in [0.15, 0.2) is 0 Å². The molecule has 0 spiro atoms. The zero-order valence-electron chi connectivity index (χ0n) is 9.98. The van der Waals surface area contributed by atoms with E-state index in [9.17, 15) is 9.59 Å². The van der Waals surface area contributed by atoms with Crippen LogP contribution in [0.2, 0.25) is 0 Å². The first-order valence-electron chi connectivity index (χ1n) is 5.31. The third kappa shape index (κ3) is 2.79. The van der Waals surface area contributed by atoms with Gasteiger partial charge in [0.1, 0.15) is 10.4 Å². The molecule has 0 bridgehead atoms. The van der Waals surface area contributed by atoms with Crippen LogP contribution in [0.4, 0.5) is 0 Å². The lowest BCUT2D eigenvalue weighted by Crippen LogP contribution is -2.51. The highest BCUT2D eigenvalue weighted by molar-refractivity contribution is 7.08. The van der Waals surface area contributed by atoms with Gasteiger partial charge in [-0.3, -0.25) is 4.79 Å². The van der Waals surface area contributed by atoms with Crippen LogP contribution in [0.5, 0.6) is 0 Å². The predicted molar refractivity (Wildman–Crippen MR) is 63.1 cm³/mol. The molecule has 2 N–H and O–H groups in total. The molecule has 1 rings (SSSR count). The molecule has 1 unspecified atom stereocenters. The molecule has 6 nitrogen and oxygen atoms in total. The van der Waals surface area contributed by atoms with E-state index in [1.807, 2.05) is 6.92 Å². The Morgan fingerprint density at radius 2 is 2.12 bits per heavy atom. The van der Waals surface area contributed by atoms with Crippen molar-refractivity contribution >= 4 is 23.4 Å². The average molecular weight is 257 g/mol. The summed E-state index contributed by atoms with van der Waals surface area (Å²) in [5.74, 6) is -1.48. The summed E-state index contributed by atoms with van der Waals surface area (Å²) in [6, 6.07) is 0. The summed E-state index contributed by atoms with van der Waals surface area (Å²) in [5, 5.41) is 15.4. The lowest BCUT2D eigenvalue weighted by Gasteiger charge is -2.24. The van der Waals surface area contributed by atoms with Crippen LogP contribution in [0.3, 0.4) is 0 Å². The van der Waals surface area contributed by atoms with Crippen molar-refractivity contribution in [2.24, 2.45) is 0 Å². The maximum absolute atomic E-state index is 11.9. The summed E-state index contributed by atoms with van der Waals surface area (Å²) in [4.78, 5) is 23.4. The SMILES string of the molecule is CCc1nnsc1C(=O)NC(C)(CC)C(=O)O. The number of nitrogens with zero attached hydrogens (tertiary/aromatic N) is 2. The minimum atomic E-state index is -1.26. The number of rotatable bonds is 5. The number of carboxylic acids is 1. The van der Waals surface area contributed by atoms with Gasteiger partial charge in [-0.2, -0.15) is 0 Å². The molecule has 0 saturated heterocycles. The summed E-state index contributed by atoms with van der Waals surface area (Å²) >= 11 is 0.979.